The van der Waals surface area contributed by atoms with E-state index in [0.29, 0.717) is 18.0 Å². The van der Waals surface area contributed by atoms with Crippen LogP contribution in [0.25, 0.3) is 0 Å². The first-order valence-corrected chi connectivity index (χ1v) is 12.7. The van der Waals surface area contributed by atoms with Gasteiger partial charge in [-0.15, -0.1) is 0 Å². The molecule has 182 valence electrons. The number of carbonyl (C=O) groups is 1. The lowest BCUT2D eigenvalue weighted by atomic mass is 10.1. The second-order valence-corrected chi connectivity index (χ2v) is 10.2. The summed E-state index contributed by atoms with van der Waals surface area (Å²) < 4.78 is 0. The van der Waals surface area contributed by atoms with E-state index in [4.69, 9.17) is 4.98 Å². The first-order chi connectivity index (χ1) is 16.5. The Labute approximate surface area is 202 Å². The average molecular weight is 464 g/mol. The summed E-state index contributed by atoms with van der Waals surface area (Å²) >= 11 is 0. The fourth-order valence-electron chi connectivity index (χ4n) is 5.64. The van der Waals surface area contributed by atoms with Crippen molar-refractivity contribution in [3.05, 3.63) is 36.0 Å². The maximum atomic E-state index is 12.6. The van der Waals surface area contributed by atoms with Crippen molar-refractivity contribution in [1.29, 1.82) is 0 Å². The number of benzene rings is 1. The van der Waals surface area contributed by atoms with E-state index in [0.717, 1.165) is 56.0 Å². The zero-order valence-electron chi connectivity index (χ0n) is 20.6. The minimum Gasteiger partial charge on any atom is -0.370 e. The normalized spacial score (nSPS) is 23.1. The molecular formula is C26H37N7O. The number of aromatic nitrogens is 2. The van der Waals surface area contributed by atoms with Gasteiger partial charge in [0.15, 0.2) is 0 Å². The van der Waals surface area contributed by atoms with E-state index in [1.165, 1.54) is 24.9 Å². The molecule has 8 heteroatoms. The summed E-state index contributed by atoms with van der Waals surface area (Å²) in [5, 5.41) is 6.40. The molecule has 3 fully saturated rings. The van der Waals surface area contributed by atoms with E-state index >= 15 is 0 Å². The van der Waals surface area contributed by atoms with Crippen molar-refractivity contribution < 1.29 is 4.79 Å². The Morgan fingerprint density at radius 3 is 2.47 bits per heavy atom. The van der Waals surface area contributed by atoms with Gasteiger partial charge in [0, 0.05) is 54.9 Å². The molecule has 2 aromatic rings. The van der Waals surface area contributed by atoms with Crippen molar-refractivity contribution in [3.63, 3.8) is 0 Å². The van der Waals surface area contributed by atoms with E-state index in [1.54, 1.807) is 0 Å². The molecule has 1 aliphatic carbocycles. The molecule has 1 unspecified atom stereocenters. The third kappa shape index (κ3) is 4.69. The van der Waals surface area contributed by atoms with Gasteiger partial charge >= 0.3 is 0 Å². The van der Waals surface area contributed by atoms with Gasteiger partial charge in [0.2, 0.25) is 11.9 Å². The summed E-state index contributed by atoms with van der Waals surface area (Å²) in [7, 11) is 4.31. The monoisotopic (exact) mass is 463 g/mol. The summed E-state index contributed by atoms with van der Waals surface area (Å²) in [6.45, 7) is 4.93. The molecule has 2 aliphatic heterocycles. The maximum absolute atomic E-state index is 12.6. The van der Waals surface area contributed by atoms with E-state index in [1.807, 2.05) is 13.1 Å². The Hall–Kier alpha value is -2.87. The molecule has 34 heavy (non-hydrogen) atoms. The topological polar surface area (TPSA) is 76.6 Å². The third-order valence-electron chi connectivity index (χ3n) is 7.65. The number of hydrogen-bond donors (Lipinski definition) is 2. The Morgan fingerprint density at radius 1 is 1.06 bits per heavy atom. The van der Waals surface area contributed by atoms with Crippen LogP contribution in [-0.4, -0.2) is 72.6 Å². The number of carbonyl (C=O) groups excluding carboxylic acids is 1. The largest absolute Gasteiger partial charge is 0.370 e. The molecule has 0 bridgehead atoms. The van der Waals surface area contributed by atoms with Crippen LogP contribution in [0.1, 0.15) is 44.1 Å². The molecule has 2 N–H and O–H groups in total. The van der Waals surface area contributed by atoms with Gasteiger partial charge in [-0.05, 0) is 71.0 Å². The fraction of sp³-hybridized carbons (Fsp3) is 0.577. The number of amides is 1. The van der Waals surface area contributed by atoms with Gasteiger partial charge in [-0.25, -0.2) is 4.98 Å². The average Bonchev–Trinajstić information content (AvgIpc) is 3.60. The van der Waals surface area contributed by atoms with Gasteiger partial charge in [-0.2, -0.15) is 4.98 Å². The smallest absolute Gasteiger partial charge is 0.242 e. The second-order valence-electron chi connectivity index (χ2n) is 10.2. The molecule has 1 saturated carbocycles. The Kier molecular flexibility index (Phi) is 6.59. The standard InChI is InChI=1S/C26H37N7O/c1-18-16-28-26(29-19-8-10-20(11-9-19)32-15-13-22(17-32)31(2)3)30-24(18)33(21-6-4-5-7-21)23-12-14-27-25(23)34/h8-11,16,21-23H,4-7,12-15,17H2,1-3H3,(H,27,34)(H,28,29,30)/t22-,23?/m1/s1. The lowest BCUT2D eigenvalue weighted by molar-refractivity contribution is -0.120. The van der Waals surface area contributed by atoms with Crippen LogP contribution >= 0.6 is 0 Å². The Bertz CT molecular complexity index is 1000. The van der Waals surface area contributed by atoms with Crippen LogP contribution < -0.4 is 20.4 Å². The number of hydrogen-bond acceptors (Lipinski definition) is 7. The highest BCUT2D eigenvalue weighted by molar-refractivity contribution is 5.87. The SMILES string of the molecule is Cc1cnc(Nc2ccc(N3CC[C@@H](N(C)C)C3)cc2)nc1N(C1CCCC1)C1CCNC1=O. The highest BCUT2D eigenvalue weighted by atomic mass is 16.2. The van der Waals surface area contributed by atoms with Crippen LogP contribution in [0.5, 0.6) is 0 Å². The molecule has 2 saturated heterocycles. The quantitative estimate of drug-likeness (QED) is 0.652. The lowest BCUT2D eigenvalue weighted by Crippen LogP contribution is -2.47. The third-order valence-corrected chi connectivity index (χ3v) is 7.65. The molecule has 1 aromatic heterocycles. The molecule has 8 nitrogen and oxygen atoms in total. The molecule has 3 aliphatic rings. The summed E-state index contributed by atoms with van der Waals surface area (Å²) in [6.07, 6.45) is 8.55. The summed E-state index contributed by atoms with van der Waals surface area (Å²) in [5.74, 6) is 1.58. The molecule has 1 aromatic carbocycles. The van der Waals surface area contributed by atoms with Crippen molar-refractivity contribution in [3.8, 4) is 0 Å². The fourth-order valence-corrected chi connectivity index (χ4v) is 5.64. The zero-order chi connectivity index (χ0) is 23.7. The number of nitrogens with zero attached hydrogens (tertiary/aromatic N) is 5. The van der Waals surface area contributed by atoms with Crippen molar-refractivity contribution >= 4 is 29.0 Å². The van der Waals surface area contributed by atoms with E-state index < -0.39 is 0 Å². The van der Waals surface area contributed by atoms with E-state index in [-0.39, 0.29) is 11.9 Å². The highest BCUT2D eigenvalue weighted by Gasteiger charge is 2.37. The van der Waals surface area contributed by atoms with Gasteiger partial charge in [-0.3, -0.25) is 4.79 Å². The summed E-state index contributed by atoms with van der Waals surface area (Å²) in [4.78, 5) is 29.1. The molecule has 5 rings (SSSR count). The predicted octanol–water partition coefficient (Wildman–Crippen LogP) is 3.31. The Balaban J connectivity index is 1.34. The lowest BCUT2D eigenvalue weighted by Gasteiger charge is -2.35. The molecule has 0 spiro atoms. The predicted molar refractivity (Wildman–Crippen MR) is 137 cm³/mol. The first-order valence-electron chi connectivity index (χ1n) is 12.7. The molecule has 0 radical (unpaired) electrons. The molecular weight excluding hydrogens is 426 g/mol. The van der Waals surface area contributed by atoms with Crippen molar-refractivity contribution in [2.45, 2.75) is 63.6 Å². The summed E-state index contributed by atoms with van der Waals surface area (Å²) in [5.41, 5.74) is 3.23. The van der Waals surface area contributed by atoms with Gasteiger partial charge in [0.1, 0.15) is 11.9 Å². The number of likely N-dealkylation sites (N-methyl/N-ethyl adjacent to an activating group) is 1. The van der Waals surface area contributed by atoms with Crippen molar-refractivity contribution in [2.75, 3.05) is 48.8 Å². The van der Waals surface area contributed by atoms with Gasteiger partial charge in [0.05, 0.1) is 0 Å². The van der Waals surface area contributed by atoms with Crippen LogP contribution in [0.4, 0.5) is 23.1 Å². The minimum absolute atomic E-state index is 0.119. The van der Waals surface area contributed by atoms with Crippen LogP contribution in [0.3, 0.4) is 0 Å². The summed E-state index contributed by atoms with van der Waals surface area (Å²) in [6, 6.07) is 9.37. The van der Waals surface area contributed by atoms with Gasteiger partial charge in [0.25, 0.3) is 0 Å². The number of rotatable bonds is 7. The molecule has 3 heterocycles. The minimum atomic E-state index is -0.143. The van der Waals surface area contributed by atoms with E-state index in [9.17, 15) is 4.79 Å². The maximum Gasteiger partial charge on any atom is 0.242 e. The van der Waals surface area contributed by atoms with Crippen molar-refractivity contribution in [1.82, 2.24) is 20.2 Å². The van der Waals surface area contributed by atoms with Crippen LogP contribution in [0, 0.1) is 6.92 Å². The first kappa shape index (κ1) is 22.9. The van der Waals surface area contributed by atoms with Gasteiger partial charge < -0.3 is 25.3 Å². The second kappa shape index (κ2) is 9.78. The number of aryl methyl sites for hydroxylation is 1. The number of anilines is 4. The van der Waals surface area contributed by atoms with E-state index in [2.05, 4.69) is 68.7 Å². The molecule has 1 amide bonds. The number of nitrogens with one attached hydrogen (secondary N) is 2. The zero-order valence-corrected chi connectivity index (χ0v) is 20.6. The van der Waals surface area contributed by atoms with Gasteiger partial charge in [-0.1, -0.05) is 12.8 Å². The highest BCUT2D eigenvalue weighted by Crippen LogP contribution is 2.33. The van der Waals surface area contributed by atoms with Crippen LogP contribution in [0.2, 0.25) is 0 Å². The van der Waals surface area contributed by atoms with Crippen LogP contribution in [-0.2, 0) is 4.79 Å². The van der Waals surface area contributed by atoms with Crippen LogP contribution in [0.15, 0.2) is 30.5 Å². The molecule has 2 atom stereocenters. The van der Waals surface area contributed by atoms with Crippen molar-refractivity contribution in [2.24, 2.45) is 0 Å². The Morgan fingerprint density at radius 2 is 1.82 bits per heavy atom.